The van der Waals surface area contributed by atoms with Gasteiger partial charge in [-0.3, -0.25) is 9.78 Å². The first-order valence-electron chi connectivity index (χ1n) is 13.0. The number of phenolic OH excluding ortho intramolecular Hbond substituents is 1. The number of aromatic amines is 1. The number of benzene rings is 3. The molecule has 0 saturated carbocycles. The highest BCUT2D eigenvalue weighted by atomic mass is 35.5. The lowest BCUT2D eigenvalue weighted by molar-refractivity contribution is 0.0953. The highest BCUT2D eigenvalue weighted by molar-refractivity contribution is 6.31. The second-order valence-corrected chi connectivity index (χ2v) is 10.1. The van der Waals surface area contributed by atoms with Crippen LogP contribution in [0.4, 0.5) is 5.69 Å². The molecule has 1 aliphatic rings. The highest BCUT2D eigenvalue weighted by Gasteiger charge is 2.18. The fourth-order valence-corrected chi connectivity index (χ4v) is 5.33. The van der Waals surface area contributed by atoms with Crippen molar-refractivity contribution in [3.8, 4) is 17.1 Å². The maximum Gasteiger partial charge on any atom is 0.251 e. The number of nitrogens with zero attached hydrogens (tertiary/aromatic N) is 2. The molecular weight excluding hydrogens is 498 g/mol. The topological polar surface area (TPSA) is 103 Å². The van der Waals surface area contributed by atoms with Crippen molar-refractivity contribution in [3.05, 3.63) is 82.5 Å². The van der Waals surface area contributed by atoms with Crippen LogP contribution < -0.4 is 10.6 Å². The summed E-state index contributed by atoms with van der Waals surface area (Å²) in [5.74, 6) is 0.587. The Bertz CT molecular complexity index is 1660. The fraction of sp³-hybridized carbons (Fsp3) is 0.233. The van der Waals surface area contributed by atoms with Crippen molar-refractivity contribution in [1.29, 1.82) is 0 Å². The first kappa shape index (κ1) is 24.2. The van der Waals surface area contributed by atoms with Gasteiger partial charge in [0.05, 0.1) is 22.1 Å². The van der Waals surface area contributed by atoms with Gasteiger partial charge in [0.25, 0.3) is 5.91 Å². The second-order valence-electron chi connectivity index (χ2n) is 9.65. The first-order chi connectivity index (χ1) is 18.6. The molecular formula is C30H28ClN5O2. The third kappa shape index (κ3) is 4.77. The van der Waals surface area contributed by atoms with Gasteiger partial charge in [-0.25, -0.2) is 4.98 Å². The van der Waals surface area contributed by atoms with Crippen LogP contribution in [0.1, 0.15) is 40.9 Å². The number of aromatic hydroxyl groups is 1. The van der Waals surface area contributed by atoms with Crippen molar-refractivity contribution in [3.63, 3.8) is 0 Å². The quantitative estimate of drug-likeness (QED) is 0.188. The lowest BCUT2D eigenvalue weighted by Gasteiger charge is -2.22. The number of nitrogens with one attached hydrogen (secondary N) is 3. The number of pyridine rings is 1. The summed E-state index contributed by atoms with van der Waals surface area (Å²) in [6.45, 7) is 1.28. The Morgan fingerprint density at radius 2 is 1.84 bits per heavy atom. The summed E-state index contributed by atoms with van der Waals surface area (Å²) in [6.07, 6.45) is 5.14. The number of phenols is 1. The highest BCUT2D eigenvalue weighted by Crippen LogP contribution is 2.34. The van der Waals surface area contributed by atoms with E-state index in [2.05, 4.69) is 20.6 Å². The third-order valence-electron chi connectivity index (χ3n) is 7.07. The minimum atomic E-state index is -0.132. The van der Waals surface area contributed by atoms with Gasteiger partial charge in [-0.1, -0.05) is 23.7 Å². The number of anilines is 1. The Morgan fingerprint density at radius 1 is 0.974 bits per heavy atom. The molecule has 4 N–H and O–H groups in total. The van der Waals surface area contributed by atoms with Crippen LogP contribution in [-0.4, -0.2) is 39.1 Å². The number of fused-ring (bicyclic) bond motifs is 3. The zero-order valence-corrected chi connectivity index (χ0v) is 21.6. The molecule has 3 aromatic carbocycles. The monoisotopic (exact) mass is 525 g/mol. The van der Waals surface area contributed by atoms with E-state index in [4.69, 9.17) is 16.6 Å². The van der Waals surface area contributed by atoms with Gasteiger partial charge >= 0.3 is 0 Å². The normalized spacial score (nSPS) is 13.0. The van der Waals surface area contributed by atoms with E-state index in [1.54, 1.807) is 30.3 Å². The number of hydrogen-bond donors (Lipinski definition) is 4. The molecule has 2 aromatic heterocycles. The van der Waals surface area contributed by atoms with E-state index in [1.807, 2.05) is 30.3 Å². The predicted molar refractivity (Wildman–Crippen MR) is 152 cm³/mol. The van der Waals surface area contributed by atoms with Gasteiger partial charge < -0.3 is 20.7 Å². The summed E-state index contributed by atoms with van der Waals surface area (Å²) in [6, 6.07) is 18.3. The second kappa shape index (κ2) is 10.3. The summed E-state index contributed by atoms with van der Waals surface area (Å²) in [5.41, 5.74) is 7.21. The molecule has 2 heterocycles. The van der Waals surface area contributed by atoms with Crippen molar-refractivity contribution in [2.24, 2.45) is 0 Å². The minimum absolute atomic E-state index is 0.132. The van der Waals surface area contributed by atoms with E-state index in [0.29, 0.717) is 28.5 Å². The van der Waals surface area contributed by atoms with Crippen LogP contribution in [0.15, 0.2) is 60.7 Å². The molecule has 0 bridgehead atoms. The van der Waals surface area contributed by atoms with Crippen LogP contribution in [0.5, 0.6) is 5.75 Å². The number of imidazole rings is 1. The maximum atomic E-state index is 12.8. The van der Waals surface area contributed by atoms with Crippen LogP contribution in [0, 0.1) is 0 Å². The van der Waals surface area contributed by atoms with E-state index in [1.165, 1.54) is 17.7 Å². The number of rotatable bonds is 7. The predicted octanol–water partition coefficient (Wildman–Crippen LogP) is 6.25. The summed E-state index contributed by atoms with van der Waals surface area (Å²) in [5, 5.41) is 18.6. The average molecular weight is 526 g/mol. The number of amides is 1. The molecule has 38 heavy (non-hydrogen) atoms. The molecule has 0 fully saturated rings. The Kier molecular flexibility index (Phi) is 6.60. The van der Waals surface area contributed by atoms with Gasteiger partial charge in [-0.05, 0) is 86.2 Å². The van der Waals surface area contributed by atoms with Gasteiger partial charge in [-0.15, -0.1) is 0 Å². The molecule has 0 spiro atoms. The van der Waals surface area contributed by atoms with Crippen LogP contribution in [0.2, 0.25) is 5.02 Å². The lowest BCUT2D eigenvalue weighted by atomic mass is 9.92. The number of carbonyl (C=O) groups excluding carboxylic acids is 1. The van der Waals surface area contributed by atoms with E-state index in [0.717, 1.165) is 59.9 Å². The molecule has 1 amide bonds. The lowest BCUT2D eigenvalue weighted by Crippen LogP contribution is -2.26. The van der Waals surface area contributed by atoms with E-state index >= 15 is 0 Å². The van der Waals surface area contributed by atoms with Crippen molar-refractivity contribution < 1.29 is 9.90 Å². The third-order valence-corrected chi connectivity index (χ3v) is 7.30. The van der Waals surface area contributed by atoms with Crippen LogP contribution in [0.25, 0.3) is 33.3 Å². The van der Waals surface area contributed by atoms with Crippen molar-refractivity contribution in [2.75, 3.05) is 18.4 Å². The van der Waals surface area contributed by atoms with E-state index in [-0.39, 0.29) is 11.7 Å². The van der Waals surface area contributed by atoms with Crippen molar-refractivity contribution in [2.45, 2.75) is 32.1 Å². The maximum absolute atomic E-state index is 12.8. The molecule has 0 radical (unpaired) electrons. The van der Waals surface area contributed by atoms with Crippen LogP contribution in [-0.2, 0) is 12.8 Å². The molecule has 5 aromatic rings. The number of carbonyl (C=O) groups is 1. The molecule has 1 aliphatic carbocycles. The van der Waals surface area contributed by atoms with E-state index in [9.17, 15) is 9.90 Å². The Hall–Kier alpha value is -4.10. The number of aromatic nitrogens is 3. The Morgan fingerprint density at radius 3 is 2.74 bits per heavy atom. The summed E-state index contributed by atoms with van der Waals surface area (Å²) < 4.78 is 0. The smallest absolute Gasteiger partial charge is 0.251 e. The molecule has 0 aliphatic heterocycles. The molecule has 192 valence electrons. The zero-order valence-electron chi connectivity index (χ0n) is 20.9. The van der Waals surface area contributed by atoms with Crippen molar-refractivity contribution in [1.82, 2.24) is 20.3 Å². The summed E-state index contributed by atoms with van der Waals surface area (Å²) >= 11 is 6.23. The molecule has 6 rings (SSSR count). The van der Waals surface area contributed by atoms with Gasteiger partial charge in [0.1, 0.15) is 11.6 Å². The number of aryl methyl sites for hydroxylation is 1. The van der Waals surface area contributed by atoms with Gasteiger partial charge in [0.2, 0.25) is 0 Å². The molecule has 0 atom stereocenters. The van der Waals surface area contributed by atoms with E-state index < -0.39 is 0 Å². The van der Waals surface area contributed by atoms with Gasteiger partial charge in [-0.2, -0.15) is 0 Å². The van der Waals surface area contributed by atoms with Crippen molar-refractivity contribution >= 4 is 45.1 Å². The number of H-pyrrole nitrogens is 1. The molecule has 0 saturated heterocycles. The largest absolute Gasteiger partial charge is 0.507 e. The summed E-state index contributed by atoms with van der Waals surface area (Å²) in [7, 11) is 0. The Labute approximate surface area is 225 Å². The minimum Gasteiger partial charge on any atom is -0.507 e. The number of para-hydroxylation sites is 1. The van der Waals surface area contributed by atoms with Crippen LogP contribution in [0.3, 0.4) is 0 Å². The van der Waals surface area contributed by atoms with Gasteiger partial charge in [0.15, 0.2) is 0 Å². The average Bonchev–Trinajstić information content (AvgIpc) is 3.35. The fourth-order valence-electron chi connectivity index (χ4n) is 5.16. The Balaban J connectivity index is 1.10. The standard InChI is InChI=1S/C30H28ClN5O2/c31-19-11-12-21-25(17-19)34-23-8-3-1-6-20(23)28(21)32-14-5-15-33-30(38)18-10-13-24-26(16-18)36-29(35-24)22-7-2-4-9-27(22)37/h2,4,7,9-13,16-17,37H,1,3,5-6,8,14-15H2,(H,32,34)(H,33,38)(H,35,36). The molecule has 8 heteroatoms. The first-order valence-corrected chi connectivity index (χ1v) is 13.4. The number of hydrogen-bond acceptors (Lipinski definition) is 5. The van der Waals surface area contributed by atoms with Gasteiger partial charge in [0, 0.05) is 40.4 Å². The molecule has 0 unspecified atom stereocenters. The van der Waals surface area contributed by atoms with Crippen LogP contribution >= 0.6 is 11.6 Å². The molecule has 7 nitrogen and oxygen atoms in total. The number of halogens is 1. The zero-order chi connectivity index (χ0) is 26.1. The summed E-state index contributed by atoms with van der Waals surface area (Å²) in [4.78, 5) is 25.5. The SMILES string of the molecule is O=C(NCCCNc1c2c(nc3cc(Cl)ccc13)CCCC2)c1ccc2nc(-c3ccccc3O)[nH]c2c1.